The molecule has 0 atom stereocenters. The summed E-state index contributed by atoms with van der Waals surface area (Å²) < 4.78 is 9.89. The second kappa shape index (κ2) is 5.04. The molecule has 1 aromatic carbocycles. The molecule has 3 heteroatoms. The quantitative estimate of drug-likeness (QED) is 0.591. The number of methoxy groups -OCH3 is 2. The monoisotopic (exact) mass is 232 g/mol. The molecule has 90 valence electrons. The zero-order valence-electron chi connectivity index (χ0n) is 10.1. The van der Waals surface area contributed by atoms with Crippen LogP contribution in [0.1, 0.15) is 29.9 Å². The van der Waals surface area contributed by atoms with E-state index in [2.05, 4.69) is 10.8 Å². The van der Waals surface area contributed by atoms with Gasteiger partial charge < -0.3 is 9.47 Å². The molecule has 0 aliphatic heterocycles. The Morgan fingerprint density at radius 1 is 1.35 bits per heavy atom. The van der Waals surface area contributed by atoms with Gasteiger partial charge in [-0.2, -0.15) is 0 Å². The molecule has 1 aliphatic rings. The van der Waals surface area contributed by atoms with Crippen molar-refractivity contribution in [2.45, 2.75) is 18.8 Å². The summed E-state index contributed by atoms with van der Waals surface area (Å²) in [5, 5.41) is 0. The first kappa shape index (κ1) is 11.7. The number of esters is 1. The standard InChI is InChI=1S/C14H16O3/c1-16-13-7-3-10(4-8-14(15)17-2)9-12(13)11-5-6-11/h3-4,7-9,11H,5-6H2,1-2H3. The normalized spacial score (nSPS) is 14.9. The maximum atomic E-state index is 11.0. The summed E-state index contributed by atoms with van der Waals surface area (Å²) in [7, 11) is 3.06. The molecule has 0 heterocycles. The predicted octanol–water partition coefficient (Wildman–Crippen LogP) is 2.76. The van der Waals surface area contributed by atoms with Crippen molar-refractivity contribution in [3.63, 3.8) is 0 Å². The molecule has 1 aromatic rings. The van der Waals surface area contributed by atoms with Crippen LogP contribution in [-0.4, -0.2) is 20.2 Å². The van der Waals surface area contributed by atoms with E-state index in [9.17, 15) is 4.79 Å². The summed E-state index contributed by atoms with van der Waals surface area (Å²) in [6.45, 7) is 0. The van der Waals surface area contributed by atoms with Gasteiger partial charge in [-0.25, -0.2) is 4.79 Å². The highest BCUT2D eigenvalue weighted by Gasteiger charge is 2.26. The molecule has 0 unspecified atom stereocenters. The predicted molar refractivity (Wildman–Crippen MR) is 66.0 cm³/mol. The van der Waals surface area contributed by atoms with Crippen LogP contribution < -0.4 is 4.74 Å². The van der Waals surface area contributed by atoms with Crippen LogP contribution in [0, 0.1) is 0 Å². The molecular weight excluding hydrogens is 216 g/mol. The van der Waals surface area contributed by atoms with E-state index in [1.54, 1.807) is 13.2 Å². The first-order valence-corrected chi connectivity index (χ1v) is 5.68. The van der Waals surface area contributed by atoms with Crippen molar-refractivity contribution < 1.29 is 14.3 Å². The van der Waals surface area contributed by atoms with Crippen molar-refractivity contribution in [3.05, 3.63) is 35.4 Å². The third kappa shape index (κ3) is 2.87. The summed E-state index contributed by atoms with van der Waals surface area (Å²) in [5.41, 5.74) is 2.23. The van der Waals surface area contributed by atoms with Gasteiger partial charge in [0.15, 0.2) is 0 Å². The zero-order chi connectivity index (χ0) is 12.3. The van der Waals surface area contributed by atoms with E-state index < -0.39 is 0 Å². The number of carbonyl (C=O) groups excluding carboxylic acids is 1. The van der Waals surface area contributed by atoms with E-state index in [-0.39, 0.29) is 5.97 Å². The van der Waals surface area contributed by atoms with Crippen molar-refractivity contribution in [1.29, 1.82) is 0 Å². The smallest absolute Gasteiger partial charge is 0.330 e. The summed E-state index contributed by atoms with van der Waals surface area (Å²) in [6.07, 6.45) is 5.64. The van der Waals surface area contributed by atoms with Gasteiger partial charge in [-0.3, -0.25) is 0 Å². The molecule has 0 N–H and O–H groups in total. The third-order valence-corrected chi connectivity index (χ3v) is 2.88. The molecule has 1 fully saturated rings. The van der Waals surface area contributed by atoms with Gasteiger partial charge in [-0.05, 0) is 48.1 Å². The van der Waals surface area contributed by atoms with E-state index in [0.717, 1.165) is 11.3 Å². The Balaban J connectivity index is 2.21. The lowest BCUT2D eigenvalue weighted by Crippen LogP contribution is -1.94. The number of rotatable bonds is 4. The fraction of sp³-hybridized carbons (Fsp3) is 0.357. The first-order valence-electron chi connectivity index (χ1n) is 5.68. The highest BCUT2D eigenvalue weighted by atomic mass is 16.5. The molecule has 3 nitrogen and oxygen atoms in total. The summed E-state index contributed by atoms with van der Waals surface area (Å²) in [5.74, 6) is 1.22. The van der Waals surface area contributed by atoms with Crippen LogP contribution in [0.25, 0.3) is 6.08 Å². The lowest BCUT2D eigenvalue weighted by molar-refractivity contribution is -0.134. The topological polar surface area (TPSA) is 35.5 Å². The Labute approximate surface area is 101 Å². The number of hydrogen-bond acceptors (Lipinski definition) is 3. The van der Waals surface area contributed by atoms with Crippen molar-refractivity contribution in [2.75, 3.05) is 14.2 Å². The van der Waals surface area contributed by atoms with Crippen molar-refractivity contribution in [3.8, 4) is 5.75 Å². The van der Waals surface area contributed by atoms with Crippen LogP contribution in [0.4, 0.5) is 0 Å². The van der Waals surface area contributed by atoms with E-state index in [0.29, 0.717) is 5.92 Å². The SMILES string of the molecule is COC(=O)C=Cc1ccc(OC)c(C2CC2)c1. The van der Waals surface area contributed by atoms with E-state index >= 15 is 0 Å². The fourth-order valence-corrected chi connectivity index (χ4v) is 1.80. The molecule has 0 bridgehead atoms. The van der Waals surface area contributed by atoms with Crippen LogP contribution in [-0.2, 0) is 9.53 Å². The Bertz CT molecular complexity index is 445. The van der Waals surface area contributed by atoms with Crippen LogP contribution >= 0.6 is 0 Å². The van der Waals surface area contributed by atoms with Crippen LogP contribution in [0.5, 0.6) is 5.75 Å². The summed E-state index contributed by atoms with van der Waals surface area (Å²) >= 11 is 0. The van der Waals surface area contributed by atoms with Gasteiger partial charge in [0.1, 0.15) is 5.75 Å². The average molecular weight is 232 g/mol. The molecule has 0 radical (unpaired) electrons. The minimum absolute atomic E-state index is 0.339. The van der Waals surface area contributed by atoms with Crippen molar-refractivity contribution in [1.82, 2.24) is 0 Å². The summed E-state index contributed by atoms with van der Waals surface area (Å²) in [6, 6.07) is 5.96. The zero-order valence-corrected chi connectivity index (χ0v) is 10.1. The minimum atomic E-state index is -0.339. The van der Waals surface area contributed by atoms with Crippen LogP contribution in [0.3, 0.4) is 0 Å². The largest absolute Gasteiger partial charge is 0.496 e. The van der Waals surface area contributed by atoms with Gasteiger partial charge in [0.05, 0.1) is 14.2 Å². The van der Waals surface area contributed by atoms with E-state index in [1.807, 2.05) is 12.1 Å². The van der Waals surface area contributed by atoms with Gasteiger partial charge >= 0.3 is 5.97 Å². The molecule has 0 amide bonds. The number of benzene rings is 1. The number of ether oxygens (including phenoxy) is 2. The number of hydrogen-bond donors (Lipinski definition) is 0. The van der Waals surface area contributed by atoms with Crippen LogP contribution in [0.2, 0.25) is 0 Å². The molecule has 1 aliphatic carbocycles. The highest BCUT2D eigenvalue weighted by molar-refractivity contribution is 5.87. The van der Waals surface area contributed by atoms with Gasteiger partial charge in [0.2, 0.25) is 0 Å². The maximum Gasteiger partial charge on any atom is 0.330 e. The Morgan fingerprint density at radius 2 is 2.12 bits per heavy atom. The van der Waals surface area contributed by atoms with E-state index in [1.165, 1.54) is 31.6 Å². The van der Waals surface area contributed by atoms with Crippen molar-refractivity contribution >= 4 is 12.0 Å². The summed E-state index contributed by atoms with van der Waals surface area (Å²) in [4.78, 5) is 11.0. The second-order valence-electron chi connectivity index (χ2n) is 4.13. The first-order chi connectivity index (χ1) is 8.24. The van der Waals surface area contributed by atoms with Gasteiger partial charge in [-0.15, -0.1) is 0 Å². The lowest BCUT2D eigenvalue weighted by atomic mass is 10.1. The molecule has 2 rings (SSSR count). The Morgan fingerprint density at radius 3 is 2.71 bits per heavy atom. The number of carbonyl (C=O) groups is 1. The molecule has 1 saturated carbocycles. The van der Waals surface area contributed by atoms with Gasteiger partial charge in [0, 0.05) is 6.08 Å². The third-order valence-electron chi connectivity index (χ3n) is 2.88. The Hall–Kier alpha value is -1.77. The molecule has 0 spiro atoms. The Kier molecular flexibility index (Phi) is 3.47. The fourth-order valence-electron chi connectivity index (χ4n) is 1.80. The highest BCUT2D eigenvalue weighted by Crippen LogP contribution is 2.44. The van der Waals surface area contributed by atoms with Crippen molar-refractivity contribution in [2.24, 2.45) is 0 Å². The maximum absolute atomic E-state index is 11.0. The minimum Gasteiger partial charge on any atom is -0.496 e. The van der Waals surface area contributed by atoms with Gasteiger partial charge in [-0.1, -0.05) is 6.07 Å². The molecule has 0 saturated heterocycles. The van der Waals surface area contributed by atoms with E-state index in [4.69, 9.17) is 4.74 Å². The molecular formula is C14H16O3. The van der Waals surface area contributed by atoms with Crippen LogP contribution in [0.15, 0.2) is 24.3 Å². The lowest BCUT2D eigenvalue weighted by Gasteiger charge is -2.08. The van der Waals surface area contributed by atoms with Gasteiger partial charge in [0.25, 0.3) is 0 Å². The molecule has 0 aromatic heterocycles. The second-order valence-corrected chi connectivity index (χ2v) is 4.13. The molecule has 17 heavy (non-hydrogen) atoms. The average Bonchev–Trinajstić information content (AvgIpc) is 3.19.